The van der Waals surface area contributed by atoms with E-state index >= 15 is 0 Å². The van der Waals surface area contributed by atoms with Crippen molar-refractivity contribution in [3.05, 3.63) is 58.7 Å². The SMILES string of the molecule is Cc1cc(Oc2ccc(C(C)C)c(CC(C)C)c2)ccc1C#N. The van der Waals surface area contributed by atoms with Crippen LogP contribution in [0.4, 0.5) is 0 Å². The Morgan fingerprint density at radius 3 is 2.22 bits per heavy atom. The molecule has 2 aromatic rings. The van der Waals surface area contributed by atoms with Crippen LogP contribution in [0.3, 0.4) is 0 Å². The maximum atomic E-state index is 9.01. The molecule has 2 heteroatoms. The van der Waals surface area contributed by atoms with Crippen LogP contribution in [-0.4, -0.2) is 0 Å². The second kappa shape index (κ2) is 7.33. The lowest BCUT2D eigenvalue weighted by Gasteiger charge is -2.16. The molecular formula is C21H25NO. The summed E-state index contributed by atoms with van der Waals surface area (Å²) >= 11 is 0. The van der Waals surface area contributed by atoms with Crippen molar-refractivity contribution in [1.82, 2.24) is 0 Å². The Morgan fingerprint density at radius 1 is 1.00 bits per heavy atom. The van der Waals surface area contributed by atoms with Crippen molar-refractivity contribution in [3.8, 4) is 17.6 Å². The van der Waals surface area contributed by atoms with Gasteiger partial charge in [-0.05, 0) is 72.2 Å². The quantitative estimate of drug-likeness (QED) is 0.680. The summed E-state index contributed by atoms with van der Waals surface area (Å²) in [6, 6.07) is 14.1. The van der Waals surface area contributed by atoms with Gasteiger partial charge in [-0.15, -0.1) is 0 Å². The summed E-state index contributed by atoms with van der Waals surface area (Å²) < 4.78 is 6.01. The van der Waals surface area contributed by atoms with E-state index < -0.39 is 0 Å². The van der Waals surface area contributed by atoms with Crippen molar-refractivity contribution in [2.24, 2.45) is 5.92 Å². The third kappa shape index (κ3) is 4.36. The maximum absolute atomic E-state index is 9.01. The van der Waals surface area contributed by atoms with Gasteiger partial charge in [0.1, 0.15) is 11.5 Å². The van der Waals surface area contributed by atoms with Crippen molar-refractivity contribution < 1.29 is 4.74 Å². The first kappa shape index (κ1) is 17.1. The zero-order valence-corrected chi connectivity index (χ0v) is 14.7. The Morgan fingerprint density at radius 2 is 1.65 bits per heavy atom. The normalized spacial score (nSPS) is 10.9. The van der Waals surface area contributed by atoms with Crippen LogP contribution in [-0.2, 0) is 6.42 Å². The molecule has 0 heterocycles. The summed E-state index contributed by atoms with van der Waals surface area (Å²) in [5.74, 6) is 2.75. The molecule has 120 valence electrons. The number of hydrogen-bond donors (Lipinski definition) is 0. The van der Waals surface area contributed by atoms with Gasteiger partial charge in [-0.3, -0.25) is 0 Å². The predicted octanol–water partition coefficient (Wildman–Crippen LogP) is 5.98. The number of benzene rings is 2. The summed E-state index contributed by atoms with van der Waals surface area (Å²) in [7, 11) is 0. The molecule has 0 atom stereocenters. The van der Waals surface area contributed by atoms with Crippen LogP contribution in [0.5, 0.6) is 11.5 Å². The first-order valence-corrected chi connectivity index (χ1v) is 8.22. The van der Waals surface area contributed by atoms with Gasteiger partial charge in [-0.1, -0.05) is 33.8 Å². The fraction of sp³-hybridized carbons (Fsp3) is 0.381. The number of rotatable bonds is 5. The minimum Gasteiger partial charge on any atom is -0.457 e. The Hall–Kier alpha value is -2.27. The van der Waals surface area contributed by atoms with Gasteiger partial charge in [0.2, 0.25) is 0 Å². The van der Waals surface area contributed by atoms with E-state index in [1.807, 2.05) is 31.2 Å². The molecule has 0 spiro atoms. The van der Waals surface area contributed by atoms with Gasteiger partial charge in [0.25, 0.3) is 0 Å². The molecule has 2 rings (SSSR count). The number of nitriles is 1. The van der Waals surface area contributed by atoms with E-state index in [1.165, 1.54) is 11.1 Å². The van der Waals surface area contributed by atoms with Crippen molar-refractivity contribution >= 4 is 0 Å². The molecule has 0 unspecified atom stereocenters. The summed E-state index contributed by atoms with van der Waals surface area (Å²) in [5.41, 5.74) is 4.37. The molecule has 0 saturated carbocycles. The predicted molar refractivity (Wildman–Crippen MR) is 95.0 cm³/mol. The monoisotopic (exact) mass is 307 g/mol. The average Bonchev–Trinajstić information content (AvgIpc) is 2.46. The largest absolute Gasteiger partial charge is 0.457 e. The zero-order valence-electron chi connectivity index (χ0n) is 14.7. The van der Waals surface area contributed by atoms with E-state index in [1.54, 1.807) is 0 Å². The average molecular weight is 307 g/mol. The lowest BCUT2D eigenvalue weighted by molar-refractivity contribution is 0.480. The standard InChI is InChI=1S/C21H25NO/c1-14(2)10-18-12-20(8-9-21(18)15(3)4)23-19-7-6-17(13-22)16(5)11-19/h6-9,11-12,14-15H,10H2,1-5H3. The molecular weight excluding hydrogens is 282 g/mol. The molecule has 23 heavy (non-hydrogen) atoms. The lowest BCUT2D eigenvalue weighted by atomic mass is 9.91. The number of aryl methyl sites for hydroxylation is 1. The Balaban J connectivity index is 2.30. The van der Waals surface area contributed by atoms with E-state index in [4.69, 9.17) is 10.00 Å². The second-order valence-corrected chi connectivity index (χ2v) is 6.80. The van der Waals surface area contributed by atoms with E-state index in [0.717, 1.165) is 23.5 Å². The molecule has 0 saturated heterocycles. The van der Waals surface area contributed by atoms with Gasteiger partial charge in [0.05, 0.1) is 11.6 Å². The zero-order chi connectivity index (χ0) is 17.0. The van der Waals surface area contributed by atoms with Crippen LogP contribution in [0.15, 0.2) is 36.4 Å². The number of hydrogen-bond acceptors (Lipinski definition) is 2. The third-order valence-electron chi connectivity index (χ3n) is 3.92. The fourth-order valence-electron chi connectivity index (χ4n) is 2.79. The molecule has 0 aromatic heterocycles. The van der Waals surface area contributed by atoms with E-state index in [0.29, 0.717) is 17.4 Å². The number of nitrogens with zero attached hydrogens (tertiary/aromatic N) is 1. The summed E-state index contributed by atoms with van der Waals surface area (Å²) in [6.07, 6.45) is 1.05. The van der Waals surface area contributed by atoms with Crippen molar-refractivity contribution in [1.29, 1.82) is 5.26 Å². The van der Waals surface area contributed by atoms with E-state index in [9.17, 15) is 0 Å². The molecule has 0 aliphatic carbocycles. The van der Waals surface area contributed by atoms with Gasteiger partial charge in [0, 0.05) is 0 Å². The third-order valence-corrected chi connectivity index (χ3v) is 3.92. The summed E-state index contributed by atoms with van der Waals surface area (Å²) in [5, 5.41) is 9.01. The molecule has 0 aliphatic rings. The van der Waals surface area contributed by atoms with Crippen molar-refractivity contribution in [2.75, 3.05) is 0 Å². The molecule has 2 aromatic carbocycles. The minimum absolute atomic E-state index is 0.509. The van der Waals surface area contributed by atoms with Gasteiger partial charge >= 0.3 is 0 Å². The number of ether oxygens (including phenoxy) is 1. The van der Waals surface area contributed by atoms with Gasteiger partial charge in [0.15, 0.2) is 0 Å². The van der Waals surface area contributed by atoms with Crippen LogP contribution >= 0.6 is 0 Å². The highest BCUT2D eigenvalue weighted by atomic mass is 16.5. The first-order valence-electron chi connectivity index (χ1n) is 8.22. The Bertz CT molecular complexity index is 723. The van der Waals surface area contributed by atoms with E-state index in [2.05, 4.69) is 45.9 Å². The van der Waals surface area contributed by atoms with Crippen molar-refractivity contribution in [2.45, 2.75) is 47.0 Å². The first-order chi connectivity index (χ1) is 10.9. The molecule has 0 amide bonds. The van der Waals surface area contributed by atoms with Crippen LogP contribution in [0.25, 0.3) is 0 Å². The maximum Gasteiger partial charge on any atom is 0.127 e. The van der Waals surface area contributed by atoms with Crippen LogP contribution < -0.4 is 4.74 Å². The molecule has 0 fully saturated rings. The fourth-order valence-corrected chi connectivity index (χ4v) is 2.79. The molecule has 0 radical (unpaired) electrons. The lowest BCUT2D eigenvalue weighted by Crippen LogP contribution is -2.01. The Kier molecular flexibility index (Phi) is 5.45. The highest BCUT2D eigenvalue weighted by molar-refractivity contribution is 5.44. The Labute approximate surface area is 139 Å². The minimum atomic E-state index is 0.509. The molecule has 0 aliphatic heterocycles. The summed E-state index contributed by atoms with van der Waals surface area (Å²) in [6.45, 7) is 10.9. The topological polar surface area (TPSA) is 33.0 Å². The van der Waals surface area contributed by atoms with Crippen molar-refractivity contribution in [3.63, 3.8) is 0 Å². The molecule has 2 nitrogen and oxygen atoms in total. The van der Waals surface area contributed by atoms with Gasteiger partial charge in [-0.25, -0.2) is 0 Å². The highest BCUT2D eigenvalue weighted by Gasteiger charge is 2.10. The van der Waals surface area contributed by atoms with Crippen LogP contribution in [0.2, 0.25) is 0 Å². The summed E-state index contributed by atoms with van der Waals surface area (Å²) in [4.78, 5) is 0. The highest BCUT2D eigenvalue weighted by Crippen LogP contribution is 2.29. The van der Waals surface area contributed by atoms with Crippen LogP contribution in [0.1, 0.15) is 55.9 Å². The smallest absolute Gasteiger partial charge is 0.127 e. The van der Waals surface area contributed by atoms with Crippen LogP contribution in [0, 0.1) is 24.2 Å². The molecule has 0 bridgehead atoms. The van der Waals surface area contributed by atoms with E-state index in [-0.39, 0.29) is 0 Å². The van der Waals surface area contributed by atoms with Gasteiger partial charge in [-0.2, -0.15) is 5.26 Å². The van der Waals surface area contributed by atoms with Gasteiger partial charge < -0.3 is 4.74 Å². The molecule has 0 N–H and O–H groups in total. The second-order valence-electron chi connectivity index (χ2n) is 6.80.